The maximum absolute atomic E-state index is 13.9. The smallest absolute Gasteiger partial charge is 0.227 e. The molecule has 0 saturated carbocycles. The number of nitrogens with zero attached hydrogens (tertiary/aromatic N) is 2. The van der Waals surface area contributed by atoms with E-state index in [0.717, 1.165) is 0 Å². The van der Waals surface area contributed by atoms with Gasteiger partial charge in [0.1, 0.15) is 11.3 Å². The van der Waals surface area contributed by atoms with Crippen molar-refractivity contribution in [1.82, 2.24) is 14.9 Å². The molecule has 1 aromatic carbocycles. The van der Waals surface area contributed by atoms with Gasteiger partial charge in [0.05, 0.1) is 16.3 Å². The Labute approximate surface area is 128 Å². The van der Waals surface area contributed by atoms with E-state index in [-0.39, 0.29) is 22.6 Å². The summed E-state index contributed by atoms with van der Waals surface area (Å²) in [6.45, 7) is 5.82. The van der Waals surface area contributed by atoms with Crippen LogP contribution in [0, 0.1) is 11.2 Å². The maximum atomic E-state index is 13.9. The molecule has 0 saturated heterocycles. The van der Waals surface area contributed by atoms with Gasteiger partial charge in [-0.2, -0.15) is 0 Å². The number of carbonyl (C=O) groups is 1. The lowest BCUT2D eigenvalue weighted by Gasteiger charge is -2.25. The molecule has 0 aliphatic rings. The average molecular weight is 312 g/mol. The zero-order chi connectivity index (χ0) is 15.8. The Kier molecular flexibility index (Phi) is 4.23. The minimum atomic E-state index is -0.658. The number of para-hydroxylation sites is 1. The molecule has 1 atom stereocenters. The first-order valence-electron chi connectivity index (χ1n) is 6.79. The van der Waals surface area contributed by atoms with Gasteiger partial charge in [0.15, 0.2) is 5.82 Å². The lowest BCUT2D eigenvalue weighted by Crippen LogP contribution is -2.38. The molecule has 0 bridgehead atoms. The van der Waals surface area contributed by atoms with Crippen molar-refractivity contribution in [3.05, 3.63) is 29.8 Å². The van der Waals surface area contributed by atoms with E-state index < -0.39 is 5.41 Å². The molecule has 0 spiro atoms. The number of hydrogen-bond acceptors (Lipinski definition) is 2. The summed E-state index contributed by atoms with van der Waals surface area (Å²) in [4.78, 5) is 16.3. The highest BCUT2D eigenvalue weighted by atomic mass is 35.5. The average Bonchev–Trinajstić information content (AvgIpc) is 2.78. The Morgan fingerprint density at radius 2 is 2.19 bits per heavy atom. The van der Waals surface area contributed by atoms with E-state index in [1.165, 1.54) is 6.07 Å². The molecule has 1 N–H and O–H groups in total. The number of alkyl halides is 1. The van der Waals surface area contributed by atoms with Crippen LogP contribution in [0.3, 0.4) is 0 Å². The van der Waals surface area contributed by atoms with E-state index in [1.807, 2.05) is 18.4 Å². The maximum Gasteiger partial charge on any atom is 0.227 e. The van der Waals surface area contributed by atoms with Crippen LogP contribution in [0.15, 0.2) is 18.2 Å². The van der Waals surface area contributed by atoms with Crippen molar-refractivity contribution >= 4 is 28.5 Å². The van der Waals surface area contributed by atoms with Crippen LogP contribution in [-0.4, -0.2) is 22.5 Å². The highest BCUT2D eigenvalue weighted by Gasteiger charge is 2.30. The zero-order valence-electron chi connectivity index (χ0n) is 12.6. The number of carbonyl (C=O) groups excluding carboxylic acids is 1. The number of fused-ring (bicyclic) bond motifs is 1. The number of nitrogens with one attached hydrogen (secondary N) is 1. The number of aromatic nitrogens is 2. The molecular weight excluding hydrogens is 293 g/mol. The van der Waals surface area contributed by atoms with Gasteiger partial charge < -0.3 is 9.88 Å². The van der Waals surface area contributed by atoms with Crippen LogP contribution in [0.1, 0.15) is 32.0 Å². The molecule has 0 radical (unpaired) electrons. The second-order valence-electron chi connectivity index (χ2n) is 5.74. The lowest BCUT2D eigenvalue weighted by molar-refractivity contribution is -0.129. The number of benzene rings is 1. The predicted molar refractivity (Wildman–Crippen MR) is 81.8 cm³/mol. The van der Waals surface area contributed by atoms with Gasteiger partial charge in [-0.25, -0.2) is 9.37 Å². The van der Waals surface area contributed by atoms with Crippen molar-refractivity contribution in [2.24, 2.45) is 5.41 Å². The van der Waals surface area contributed by atoms with Crippen LogP contribution in [0.2, 0.25) is 0 Å². The van der Waals surface area contributed by atoms with Crippen LogP contribution in [0.5, 0.6) is 0 Å². The van der Waals surface area contributed by atoms with Crippen LogP contribution in [0.25, 0.3) is 11.0 Å². The summed E-state index contributed by atoms with van der Waals surface area (Å²) in [5, 5.41) is 2.27. The van der Waals surface area contributed by atoms with Crippen molar-refractivity contribution in [3.63, 3.8) is 0 Å². The summed E-state index contributed by atoms with van der Waals surface area (Å²) in [7, 11) is 1.60. The molecule has 0 fully saturated rings. The summed E-state index contributed by atoms with van der Waals surface area (Å²) in [6, 6.07) is 4.78. The fraction of sp³-hybridized carbons (Fsp3) is 0.467. The molecule has 2 aromatic rings. The monoisotopic (exact) mass is 311 g/mol. The fourth-order valence-corrected chi connectivity index (χ4v) is 2.57. The van der Waals surface area contributed by atoms with Crippen molar-refractivity contribution in [2.75, 3.05) is 7.05 Å². The zero-order valence-corrected chi connectivity index (χ0v) is 13.3. The fourth-order valence-electron chi connectivity index (χ4n) is 2.41. The van der Waals surface area contributed by atoms with E-state index in [4.69, 9.17) is 11.6 Å². The second kappa shape index (κ2) is 5.64. The summed E-state index contributed by atoms with van der Waals surface area (Å²) < 4.78 is 15.7. The highest BCUT2D eigenvalue weighted by Crippen LogP contribution is 2.29. The Hall–Kier alpha value is -1.62. The molecule has 1 heterocycles. The van der Waals surface area contributed by atoms with Gasteiger partial charge in [-0.05, 0) is 32.9 Å². The summed E-state index contributed by atoms with van der Waals surface area (Å²) >= 11 is 6.17. The van der Waals surface area contributed by atoms with Gasteiger partial charge in [0.25, 0.3) is 0 Å². The highest BCUT2D eigenvalue weighted by molar-refractivity contribution is 6.20. The van der Waals surface area contributed by atoms with Gasteiger partial charge >= 0.3 is 0 Å². The van der Waals surface area contributed by atoms with Crippen molar-refractivity contribution < 1.29 is 9.18 Å². The van der Waals surface area contributed by atoms with Gasteiger partial charge in [-0.1, -0.05) is 6.07 Å². The van der Waals surface area contributed by atoms with Gasteiger partial charge in [0.2, 0.25) is 5.91 Å². The minimum absolute atomic E-state index is 0.0890. The molecule has 0 aliphatic heterocycles. The number of amides is 1. The van der Waals surface area contributed by atoms with E-state index in [9.17, 15) is 9.18 Å². The number of halogens is 2. The van der Waals surface area contributed by atoms with Gasteiger partial charge in [-0.3, -0.25) is 4.79 Å². The summed E-state index contributed by atoms with van der Waals surface area (Å²) in [5.41, 5.74) is 0.275. The first-order chi connectivity index (χ1) is 9.77. The largest absolute Gasteiger partial charge is 0.359 e. The lowest BCUT2D eigenvalue weighted by atomic mass is 9.92. The molecule has 1 aromatic heterocycles. The Balaban J connectivity index is 2.59. The van der Waals surface area contributed by atoms with E-state index in [1.54, 1.807) is 26.1 Å². The molecule has 4 nitrogen and oxygen atoms in total. The van der Waals surface area contributed by atoms with Gasteiger partial charge in [0, 0.05) is 13.6 Å². The third kappa shape index (κ3) is 2.88. The third-order valence-corrected chi connectivity index (χ3v) is 3.71. The number of hydrogen-bond donors (Lipinski definition) is 1. The quantitative estimate of drug-likeness (QED) is 0.881. The Bertz CT molecular complexity index is 679. The molecule has 21 heavy (non-hydrogen) atoms. The van der Waals surface area contributed by atoms with Crippen LogP contribution < -0.4 is 5.32 Å². The molecule has 1 unspecified atom stereocenters. The van der Waals surface area contributed by atoms with E-state index in [2.05, 4.69) is 10.3 Å². The SMILES string of the molecule is CNC(=O)C(C)(C)Cn1c(C(C)Cl)nc2c(F)cccc21. The van der Waals surface area contributed by atoms with Gasteiger partial charge in [-0.15, -0.1) is 11.6 Å². The molecule has 6 heteroatoms. The van der Waals surface area contributed by atoms with Crippen LogP contribution in [-0.2, 0) is 11.3 Å². The molecular formula is C15H19ClFN3O. The third-order valence-electron chi connectivity index (χ3n) is 3.51. The number of rotatable bonds is 4. The Morgan fingerprint density at radius 1 is 1.52 bits per heavy atom. The Morgan fingerprint density at radius 3 is 2.76 bits per heavy atom. The standard InChI is InChI=1S/C15H19ClFN3O/c1-9(16)13-19-12-10(17)6-5-7-11(12)20(13)8-15(2,3)14(21)18-4/h5-7,9H,8H2,1-4H3,(H,18,21). The van der Waals surface area contributed by atoms with E-state index >= 15 is 0 Å². The second-order valence-corrected chi connectivity index (χ2v) is 6.40. The number of imidazole rings is 1. The van der Waals surface area contributed by atoms with Crippen molar-refractivity contribution in [2.45, 2.75) is 32.7 Å². The normalized spacial score (nSPS) is 13.4. The molecule has 2 rings (SSSR count). The molecule has 0 aliphatic carbocycles. The summed E-state index contributed by atoms with van der Waals surface area (Å²) in [6.07, 6.45) is 0. The van der Waals surface area contributed by atoms with Crippen LogP contribution >= 0.6 is 11.6 Å². The molecule has 114 valence electrons. The van der Waals surface area contributed by atoms with Crippen molar-refractivity contribution in [1.29, 1.82) is 0 Å². The first kappa shape index (κ1) is 15.8. The topological polar surface area (TPSA) is 46.9 Å². The minimum Gasteiger partial charge on any atom is -0.359 e. The summed E-state index contributed by atoms with van der Waals surface area (Å²) in [5.74, 6) is 0.0882. The first-order valence-corrected chi connectivity index (χ1v) is 7.22. The predicted octanol–water partition coefficient (Wildman–Crippen LogP) is 3.25. The van der Waals surface area contributed by atoms with E-state index in [0.29, 0.717) is 17.9 Å². The molecule has 1 amide bonds. The van der Waals surface area contributed by atoms with Crippen LogP contribution in [0.4, 0.5) is 4.39 Å². The van der Waals surface area contributed by atoms with Crippen molar-refractivity contribution in [3.8, 4) is 0 Å².